The molecule has 0 spiro atoms. The first kappa shape index (κ1) is 13.4. The Morgan fingerprint density at radius 1 is 1.56 bits per heavy atom. The summed E-state index contributed by atoms with van der Waals surface area (Å²) in [4.78, 5) is 0. The molecule has 1 unspecified atom stereocenters. The lowest BCUT2D eigenvalue weighted by Crippen LogP contribution is -2.30. The molecule has 3 N–H and O–H groups in total. The quantitative estimate of drug-likeness (QED) is 0.649. The van der Waals surface area contributed by atoms with E-state index < -0.39 is 0 Å². The molecule has 0 saturated heterocycles. The number of hydrogen-bond acceptors (Lipinski definition) is 6. The molecule has 0 bridgehead atoms. The highest BCUT2D eigenvalue weighted by Crippen LogP contribution is 2.27. The lowest BCUT2D eigenvalue weighted by atomic mass is 10.0. The SMILES string of the molecule is COc1ccc(Br)cc1CC(NN)c1csnn1. The normalized spacial score (nSPS) is 12.4. The Balaban J connectivity index is 2.24. The summed E-state index contributed by atoms with van der Waals surface area (Å²) in [6, 6.07) is 5.80. The van der Waals surface area contributed by atoms with Crippen LogP contribution in [0.1, 0.15) is 17.3 Å². The Labute approximate surface area is 118 Å². The number of benzene rings is 1. The van der Waals surface area contributed by atoms with Crippen LogP contribution >= 0.6 is 27.5 Å². The van der Waals surface area contributed by atoms with Gasteiger partial charge in [0, 0.05) is 9.85 Å². The zero-order valence-electron chi connectivity index (χ0n) is 9.76. The van der Waals surface area contributed by atoms with Gasteiger partial charge in [-0.05, 0) is 41.7 Å². The Bertz CT molecular complexity index is 506. The lowest BCUT2D eigenvalue weighted by Gasteiger charge is -2.15. The second kappa shape index (κ2) is 6.24. The first-order valence-electron chi connectivity index (χ1n) is 5.30. The summed E-state index contributed by atoms with van der Waals surface area (Å²) >= 11 is 4.76. The van der Waals surface area contributed by atoms with Crippen molar-refractivity contribution in [1.82, 2.24) is 15.0 Å². The number of nitrogens with one attached hydrogen (secondary N) is 1. The zero-order chi connectivity index (χ0) is 13.0. The number of nitrogens with zero attached hydrogens (tertiary/aromatic N) is 2. The molecule has 1 atom stereocenters. The maximum atomic E-state index is 5.58. The van der Waals surface area contributed by atoms with Crippen molar-refractivity contribution in [3.05, 3.63) is 39.3 Å². The molecule has 7 heteroatoms. The van der Waals surface area contributed by atoms with E-state index in [9.17, 15) is 0 Å². The van der Waals surface area contributed by atoms with E-state index in [1.807, 2.05) is 23.6 Å². The van der Waals surface area contributed by atoms with Crippen molar-refractivity contribution in [2.24, 2.45) is 5.84 Å². The van der Waals surface area contributed by atoms with Crippen LogP contribution in [-0.2, 0) is 6.42 Å². The van der Waals surface area contributed by atoms with Crippen molar-refractivity contribution in [2.75, 3.05) is 7.11 Å². The second-order valence-corrected chi connectivity index (χ2v) is 5.23. The molecule has 0 saturated carbocycles. The average Bonchev–Trinajstić information content (AvgIpc) is 2.90. The molecule has 1 aromatic carbocycles. The minimum absolute atomic E-state index is 0.0769. The van der Waals surface area contributed by atoms with Gasteiger partial charge in [-0.25, -0.2) is 0 Å². The molecule has 0 aliphatic rings. The van der Waals surface area contributed by atoms with Gasteiger partial charge in [0.05, 0.1) is 18.8 Å². The summed E-state index contributed by atoms with van der Waals surface area (Å²) in [6.45, 7) is 0. The number of hydrogen-bond donors (Lipinski definition) is 2. The first-order chi connectivity index (χ1) is 8.74. The molecule has 0 radical (unpaired) electrons. The van der Waals surface area contributed by atoms with Crippen LogP contribution in [0.5, 0.6) is 5.75 Å². The largest absolute Gasteiger partial charge is 0.496 e. The number of halogens is 1. The number of aromatic nitrogens is 2. The Morgan fingerprint density at radius 3 is 3.00 bits per heavy atom. The number of rotatable bonds is 5. The molecule has 0 fully saturated rings. The van der Waals surface area contributed by atoms with E-state index in [4.69, 9.17) is 10.6 Å². The molecule has 96 valence electrons. The van der Waals surface area contributed by atoms with Crippen molar-refractivity contribution >= 4 is 27.5 Å². The van der Waals surface area contributed by atoms with Crippen molar-refractivity contribution in [1.29, 1.82) is 0 Å². The minimum Gasteiger partial charge on any atom is -0.496 e. The monoisotopic (exact) mass is 328 g/mol. The summed E-state index contributed by atoms with van der Waals surface area (Å²) in [5.74, 6) is 6.41. The summed E-state index contributed by atoms with van der Waals surface area (Å²) < 4.78 is 10.2. The Hall–Kier alpha value is -1.02. The number of hydrazine groups is 1. The highest BCUT2D eigenvalue weighted by atomic mass is 79.9. The van der Waals surface area contributed by atoms with Gasteiger partial charge in [-0.15, -0.1) is 5.10 Å². The van der Waals surface area contributed by atoms with Gasteiger partial charge >= 0.3 is 0 Å². The molecular weight excluding hydrogens is 316 g/mol. The number of nitrogens with two attached hydrogens (primary N) is 1. The molecular formula is C11H13BrN4OS. The van der Waals surface area contributed by atoms with Gasteiger partial charge in [0.2, 0.25) is 0 Å². The number of ether oxygens (including phenoxy) is 1. The van der Waals surface area contributed by atoms with Crippen LogP contribution in [0.15, 0.2) is 28.1 Å². The van der Waals surface area contributed by atoms with E-state index in [1.165, 1.54) is 11.5 Å². The van der Waals surface area contributed by atoms with Crippen molar-refractivity contribution in [3.63, 3.8) is 0 Å². The fraction of sp³-hybridized carbons (Fsp3) is 0.273. The van der Waals surface area contributed by atoms with Gasteiger partial charge in [0.15, 0.2) is 0 Å². The van der Waals surface area contributed by atoms with Crippen molar-refractivity contribution in [2.45, 2.75) is 12.5 Å². The van der Waals surface area contributed by atoms with Crippen LogP contribution in [-0.4, -0.2) is 16.7 Å². The van der Waals surface area contributed by atoms with Gasteiger partial charge < -0.3 is 4.74 Å². The van der Waals surface area contributed by atoms with Gasteiger partial charge in [0.25, 0.3) is 0 Å². The predicted octanol–water partition coefficient (Wildman–Crippen LogP) is 2.06. The van der Waals surface area contributed by atoms with Crippen LogP contribution in [0.25, 0.3) is 0 Å². The van der Waals surface area contributed by atoms with Crippen LogP contribution in [0, 0.1) is 0 Å². The van der Waals surface area contributed by atoms with E-state index in [0.29, 0.717) is 6.42 Å². The maximum Gasteiger partial charge on any atom is 0.122 e. The van der Waals surface area contributed by atoms with Crippen molar-refractivity contribution in [3.8, 4) is 5.75 Å². The summed E-state index contributed by atoms with van der Waals surface area (Å²) in [5, 5.41) is 5.92. The average molecular weight is 329 g/mol. The highest BCUT2D eigenvalue weighted by molar-refractivity contribution is 9.10. The predicted molar refractivity (Wildman–Crippen MR) is 74.4 cm³/mol. The topological polar surface area (TPSA) is 73.1 Å². The molecule has 1 aromatic heterocycles. The molecule has 0 aliphatic heterocycles. The van der Waals surface area contributed by atoms with Crippen LogP contribution in [0.2, 0.25) is 0 Å². The molecule has 5 nitrogen and oxygen atoms in total. The van der Waals surface area contributed by atoms with Gasteiger partial charge in [-0.1, -0.05) is 20.4 Å². The summed E-state index contributed by atoms with van der Waals surface area (Å²) in [7, 11) is 1.65. The summed E-state index contributed by atoms with van der Waals surface area (Å²) in [5.41, 5.74) is 4.65. The fourth-order valence-corrected chi connectivity index (χ4v) is 2.62. The third-order valence-corrected chi connectivity index (χ3v) is 3.62. The van der Waals surface area contributed by atoms with E-state index in [-0.39, 0.29) is 6.04 Å². The van der Waals surface area contributed by atoms with E-state index >= 15 is 0 Å². The molecule has 18 heavy (non-hydrogen) atoms. The zero-order valence-corrected chi connectivity index (χ0v) is 12.2. The van der Waals surface area contributed by atoms with Gasteiger partial charge in [-0.2, -0.15) is 0 Å². The maximum absolute atomic E-state index is 5.58. The van der Waals surface area contributed by atoms with E-state index in [1.54, 1.807) is 7.11 Å². The molecule has 2 rings (SSSR count). The van der Waals surface area contributed by atoms with Crippen LogP contribution in [0.3, 0.4) is 0 Å². The minimum atomic E-state index is -0.0769. The first-order valence-corrected chi connectivity index (χ1v) is 6.93. The highest BCUT2D eigenvalue weighted by Gasteiger charge is 2.16. The molecule has 1 heterocycles. The van der Waals surface area contributed by atoms with Gasteiger partial charge in [0.1, 0.15) is 5.75 Å². The standard InChI is InChI=1S/C11H13BrN4OS/c1-17-11-3-2-8(12)4-7(11)5-9(14-13)10-6-18-16-15-10/h2-4,6,9,14H,5,13H2,1H3. The second-order valence-electron chi connectivity index (χ2n) is 3.71. The molecule has 0 aliphatic carbocycles. The third-order valence-electron chi connectivity index (χ3n) is 2.60. The van der Waals surface area contributed by atoms with Crippen LogP contribution in [0.4, 0.5) is 0 Å². The summed E-state index contributed by atoms with van der Waals surface area (Å²) in [6.07, 6.45) is 0.685. The fourth-order valence-electron chi connectivity index (χ4n) is 1.70. The third kappa shape index (κ3) is 3.05. The van der Waals surface area contributed by atoms with Crippen LogP contribution < -0.4 is 16.0 Å². The Morgan fingerprint density at radius 2 is 2.39 bits per heavy atom. The smallest absolute Gasteiger partial charge is 0.122 e. The Kier molecular flexibility index (Phi) is 4.65. The van der Waals surface area contributed by atoms with E-state index in [2.05, 4.69) is 30.9 Å². The van der Waals surface area contributed by atoms with E-state index in [0.717, 1.165) is 21.5 Å². The van der Waals surface area contributed by atoms with Gasteiger partial charge in [-0.3, -0.25) is 11.3 Å². The molecule has 2 aromatic rings. The lowest BCUT2D eigenvalue weighted by molar-refractivity contribution is 0.405. The molecule has 0 amide bonds. The van der Waals surface area contributed by atoms with Crippen molar-refractivity contribution < 1.29 is 4.74 Å². The number of methoxy groups -OCH3 is 1.